The van der Waals surface area contributed by atoms with Crippen LogP contribution in [0.4, 0.5) is 14.9 Å². The lowest BCUT2D eigenvalue weighted by atomic mass is 10.2. The molecule has 130 valence electrons. The minimum atomic E-state index is -0.304. The van der Waals surface area contributed by atoms with Crippen molar-refractivity contribution in [2.45, 2.75) is 18.7 Å². The van der Waals surface area contributed by atoms with Crippen LogP contribution in [0.5, 0.6) is 0 Å². The summed E-state index contributed by atoms with van der Waals surface area (Å²) >= 11 is 7.43. The van der Waals surface area contributed by atoms with E-state index in [2.05, 4.69) is 17.2 Å². The fourth-order valence-corrected chi connectivity index (χ4v) is 3.39. The van der Waals surface area contributed by atoms with Crippen molar-refractivity contribution >= 4 is 40.2 Å². The maximum atomic E-state index is 13.1. The molecular formula is C18H17ClFN3OS. The van der Waals surface area contributed by atoms with E-state index in [1.54, 1.807) is 53.1 Å². The first-order chi connectivity index (χ1) is 12.0. The van der Waals surface area contributed by atoms with E-state index in [0.29, 0.717) is 34.2 Å². The van der Waals surface area contributed by atoms with Crippen molar-refractivity contribution in [2.75, 3.05) is 11.9 Å². The molecule has 0 fully saturated rings. The fraction of sp³-hybridized carbons (Fsp3) is 0.222. The van der Waals surface area contributed by atoms with Crippen molar-refractivity contribution in [2.24, 2.45) is 4.99 Å². The molecule has 0 bridgehead atoms. The maximum Gasteiger partial charge on any atom is 0.328 e. The van der Waals surface area contributed by atoms with E-state index in [-0.39, 0.29) is 11.8 Å². The second-order valence-corrected chi connectivity index (χ2v) is 7.54. The number of amides is 2. The van der Waals surface area contributed by atoms with Gasteiger partial charge in [-0.3, -0.25) is 9.89 Å². The Hall–Kier alpha value is -2.05. The minimum absolute atomic E-state index is 0.285. The Morgan fingerprint density at radius 3 is 2.56 bits per heavy atom. The van der Waals surface area contributed by atoms with E-state index in [9.17, 15) is 9.18 Å². The topological polar surface area (TPSA) is 44.7 Å². The first-order valence-corrected chi connectivity index (χ1v) is 9.06. The van der Waals surface area contributed by atoms with Gasteiger partial charge in [-0.1, -0.05) is 42.4 Å². The standard InChI is InChI=1S/C18H17ClFN3OS/c1-12-10-21-18(25-12)23(11-13-2-6-15(20)7-3-13)17(24)22-16-8-4-14(19)5-9-16/h2-9,12H,10-11H2,1H3,(H,22,24)/t12-/m1/s1. The summed E-state index contributed by atoms with van der Waals surface area (Å²) < 4.78 is 13.1. The van der Waals surface area contributed by atoms with Crippen molar-refractivity contribution in [1.29, 1.82) is 0 Å². The van der Waals surface area contributed by atoms with Crippen molar-refractivity contribution in [1.82, 2.24) is 4.90 Å². The van der Waals surface area contributed by atoms with E-state index in [1.165, 1.54) is 12.1 Å². The van der Waals surface area contributed by atoms with Gasteiger partial charge in [0.1, 0.15) is 5.82 Å². The minimum Gasteiger partial charge on any atom is -0.307 e. The third-order valence-corrected chi connectivity index (χ3v) is 4.98. The summed E-state index contributed by atoms with van der Waals surface area (Å²) in [6, 6.07) is 12.7. The van der Waals surface area contributed by atoms with E-state index in [4.69, 9.17) is 11.6 Å². The Kier molecular flexibility index (Phi) is 5.60. The van der Waals surface area contributed by atoms with Gasteiger partial charge in [0.2, 0.25) is 0 Å². The lowest BCUT2D eigenvalue weighted by Gasteiger charge is -2.23. The normalized spacial score (nSPS) is 16.4. The van der Waals surface area contributed by atoms with Crippen LogP contribution in [0.1, 0.15) is 12.5 Å². The van der Waals surface area contributed by atoms with Crippen LogP contribution in [0.15, 0.2) is 53.5 Å². The van der Waals surface area contributed by atoms with Crippen LogP contribution >= 0.6 is 23.4 Å². The zero-order valence-corrected chi connectivity index (χ0v) is 15.1. The first-order valence-electron chi connectivity index (χ1n) is 7.81. The number of urea groups is 1. The molecule has 1 aliphatic heterocycles. The highest BCUT2D eigenvalue weighted by Gasteiger charge is 2.26. The SMILES string of the molecule is C[C@@H]1CN=C(N(Cc2ccc(F)cc2)C(=O)Nc2ccc(Cl)cc2)S1. The Balaban J connectivity index is 1.78. The van der Waals surface area contributed by atoms with E-state index >= 15 is 0 Å². The number of halogens is 2. The summed E-state index contributed by atoms with van der Waals surface area (Å²) in [6.45, 7) is 3.06. The second-order valence-electron chi connectivity index (χ2n) is 5.70. The average molecular weight is 378 g/mol. The molecule has 2 aromatic rings. The van der Waals surface area contributed by atoms with Gasteiger partial charge in [-0.05, 0) is 42.0 Å². The quantitative estimate of drug-likeness (QED) is 0.817. The van der Waals surface area contributed by atoms with Gasteiger partial charge in [-0.2, -0.15) is 0 Å². The smallest absolute Gasteiger partial charge is 0.307 e. The molecule has 2 aromatic carbocycles. The molecule has 1 aliphatic rings. The number of nitrogens with zero attached hydrogens (tertiary/aromatic N) is 2. The molecule has 1 N–H and O–H groups in total. The molecule has 2 amide bonds. The van der Waals surface area contributed by atoms with E-state index < -0.39 is 0 Å². The lowest BCUT2D eigenvalue weighted by molar-refractivity contribution is 0.233. The number of hydrogen-bond donors (Lipinski definition) is 1. The monoisotopic (exact) mass is 377 g/mol. The van der Waals surface area contributed by atoms with Crippen LogP contribution in [0.3, 0.4) is 0 Å². The van der Waals surface area contributed by atoms with Crippen LogP contribution in [-0.2, 0) is 6.54 Å². The Morgan fingerprint density at radius 1 is 1.28 bits per heavy atom. The highest BCUT2D eigenvalue weighted by atomic mass is 35.5. The van der Waals surface area contributed by atoms with Gasteiger partial charge < -0.3 is 5.32 Å². The van der Waals surface area contributed by atoms with Crippen molar-refractivity contribution in [3.63, 3.8) is 0 Å². The molecule has 0 aliphatic carbocycles. The summed E-state index contributed by atoms with van der Waals surface area (Å²) in [5.41, 5.74) is 1.48. The predicted molar refractivity (Wildman–Crippen MR) is 102 cm³/mol. The zero-order valence-electron chi connectivity index (χ0n) is 13.6. The third kappa shape index (κ3) is 4.74. The molecule has 0 spiro atoms. The van der Waals surface area contributed by atoms with Crippen LogP contribution in [0.2, 0.25) is 5.02 Å². The number of nitrogens with one attached hydrogen (secondary N) is 1. The molecule has 0 unspecified atom stereocenters. The van der Waals surface area contributed by atoms with Crippen molar-refractivity contribution in [3.05, 3.63) is 64.9 Å². The average Bonchev–Trinajstić information content (AvgIpc) is 3.02. The molecule has 0 radical (unpaired) electrons. The van der Waals surface area contributed by atoms with Crippen LogP contribution in [0.25, 0.3) is 0 Å². The van der Waals surface area contributed by atoms with E-state index in [1.807, 2.05) is 0 Å². The van der Waals surface area contributed by atoms with Crippen LogP contribution < -0.4 is 5.32 Å². The summed E-state index contributed by atoms with van der Waals surface area (Å²) in [5, 5.41) is 4.45. The number of benzene rings is 2. The predicted octanol–water partition coefficient (Wildman–Crippen LogP) is 5.00. The Labute approximate surface area is 155 Å². The van der Waals surface area contributed by atoms with Gasteiger partial charge >= 0.3 is 6.03 Å². The van der Waals surface area contributed by atoms with Gasteiger partial charge in [0.05, 0.1) is 13.1 Å². The van der Waals surface area contributed by atoms with Gasteiger partial charge in [0, 0.05) is 16.0 Å². The first kappa shape index (κ1) is 17.8. The number of anilines is 1. The zero-order chi connectivity index (χ0) is 17.8. The molecule has 0 saturated carbocycles. The van der Waals surface area contributed by atoms with Crippen LogP contribution in [0, 0.1) is 5.82 Å². The number of thioether (sulfide) groups is 1. The van der Waals surface area contributed by atoms with Gasteiger partial charge in [0.25, 0.3) is 0 Å². The number of amidine groups is 1. The number of carbonyl (C=O) groups excluding carboxylic acids is 1. The molecule has 1 atom stereocenters. The molecule has 1 heterocycles. The molecule has 25 heavy (non-hydrogen) atoms. The number of aliphatic imine (C=N–C) groups is 1. The lowest BCUT2D eigenvalue weighted by Crippen LogP contribution is -2.37. The summed E-state index contributed by atoms with van der Waals surface area (Å²) in [4.78, 5) is 18.8. The van der Waals surface area contributed by atoms with E-state index in [0.717, 1.165) is 5.56 Å². The maximum absolute atomic E-state index is 13.1. The Bertz CT molecular complexity index is 780. The fourth-order valence-electron chi connectivity index (χ4n) is 2.33. The van der Waals surface area contributed by atoms with Crippen molar-refractivity contribution in [3.8, 4) is 0 Å². The molecule has 4 nitrogen and oxygen atoms in total. The van der Waals surface area contributed by atoms with Crippen molar-refractivity contribution < 1.29 is 9.18 Å². The molecule has 3 rings (SSSR count). The Morgan fingerprint density at radius 2 is 1.96 bits per heavy atom. The summed E-state index contributed by atoms with van der Waals surface area (Å²) in [7, 11) is 0. The molecule has 0 aromatic heterocycles. The second kappa shape index (κ2) is 7.89. The largest absolute Gasteiger partial charge is 0.328 e. The number of rotatable bonds is 3. The molecule has 7 heteroatoms. The van der Waals surface area contributed by atoms with Gasteiger partial charge in [-0.15, -0.1) is 0 Å². The summed E-state index contributed by atoms with van der Waals surface area (Å²) in [5.74, 6) is -0.304. The van der Waals surface area contributed by atoms with Gasteiger partial charge in [0.15, 0.2) is 5.17 Å². The summed E-state index contributed by atoms with van der Waals surface area (Å²) in [6.07, 6.45) is 0. The third-order valence-electron chi connectivity index (χ3n) is 3.62. The van der Waals surface area contributed by atoms with Crippen LogP contribution in [-0.4, -0.2) is 27.9 Å². The number of carbonyl (C=O) groups is 1. The molecule has 0 saturated heterocycles. The highest BCUT2D eigenvalue weighted by Crippen LogP contribution is 2.25. The number of hydrogen-bond acceptors (Lipinski definition) is 3. The van der Waals surface area contributed by atoms with Gasteiger partial charge in [-0.25, -0.2) is 9.18 Å². The molecular weight excluding hydrogens is 361 g/mol. The highest BCUT2D eigenvalue weighted by molar-refractivity contribution is 8.14.